The molecule has 0 bridgehead atoms. The van der Waals surface area contributed by atoms with Crippen LogP contribution in [0.3, 0.4) is 0 Å². The van der Waals surface area contributed by atoms with E-state index >= 15 is 0 Å². The number of hydrogen-bond donors (Lipinski definition) is 2. The van der Waals surface area contributed by atoms with Gasteiger partial charge in [0.15, 0.2) is 5.03 Å². The molecule has 0 amide bonds. The number of nitrogens with one attached hydrogen (secondary N) is 2. The smallest absolute Gasteiger partial charge is 0.277 e. The minimum absolute atomic E-state index is 0.0308. The second-order valence-corrected chi connectivity index (χ2v) is 5.51. The molecule has 0 fully saturated rings. The zero-order valence-electron chi connectivity index (χ0n) is 8.01. The number of halogens is 1. The van der Waals surface area contributed by atoms with E-state index in [0.29, 0.717) is 10.2 Å². The standard InChI is InChI=1S/C9H8BrN3O2S/c10-7-3-1-2-4-8(7)13-16(14,15)9-5-6-11-12-9/h1-6,13H,(H,11,12). The van der Waals surface area contributed by atoms with Crippen LogP contribution in [0.2, 0.25) is 0 Å². The summed E-state index contributed by atoms with van der Waals surface area (Å²) in [7, 11) is -3.59. The topological polar surface area (TPSA) is 74.8 Å². The number of benzene rings is 1. The maximum atomic E-state index is 11.8. The Hall–Kier alpha value is -1.34. The molecule has 0 radical (unpaired) electrons. The quantitative estimate of drug-likeness (QED) is 0.910. The molecule has 0 aliphatic heterocycles. The highest BCUT2D eigenvalue weighted by molar-refractivity contribution is 9.10. The largest absolute Gasteiger partial charge is 0.278 e. The van der Waals surface area contributed by atoms with E-state index in [1.165, 1.54) is 12.3 Å². The maximum absolute atomic E-state index is 11.8. The third-order valence-electron chi connectivity index (χ3n) is 1.88. The zero-order valence-corrected chi connectivity index (χ0v) is 10.4. The highest BCUT2D eigenvalue weighted by Crippen LogP contribution is 2.23. The van der Waals surface area contributed by atoms with E-state index in [-0.39, 0.29) is 5.03 Å². The Morgan fingerprint density at radius 3 is 2.62 bits per heavy atom. The van der Waals surface area contributed by atoms with Gasteiger partial charge in [-0.25, -0.2) is 0 Å². The average molecular weight is 302 g/mol. The van der Waals surface area contributed by atoms with Crippen molar-refractivity contribution in [2.45, 2.75) is 5.03 Å². The number of aromatic nitrogens is 2. The van der Waals surface area contributed by atoms with E-state index in [4.69, 9.17) is 0 Å². The van der Waals surface area contributed by atoms with Crippen LogP contribution in [-0.4, -0.2) is 18.6 Å². The van der Waals surface area contributed by atoms with Gasteiger partial charge in [0.1, 0.15) is 0 Å². The van der Waals surface area contributed by atoms with Gasteiger partial charge in [-0.2, -0.15) is 13.5 Å². The molecule has 1 aromatic heterocycles. The molecule has 2 rings (SSSR count). The number of sulfonamides is 1. The molecule has 16 heavy (non-hydrogen) atoms. The summed E-state index contributed by atoms with van der Waals surface area (Å²) < 4.78 is 26.7. The van der Waals surface area contributed by atoms with E-state index in [0.717, 1.165) is 0 Å². The van der Waals surface area contributed by atoms with Gasteiger partial charge in [0.05, 0.1) is 11.9 Å². The molecule has 0 aliphatic carbocycles. The summed E-state index contributed by atoms with van der Waals surface area (Å²) in [5, 5.41) is 6.03. The molecule has 84 valence electrons. The first-order valence-electron chi connectivity index (χ1n) is 4.36. The molecule has 1 aromatic carbocycles. The first kappa shape index (κ1) is 11.2. The van der Waals surface area contributed by atoms with Crippen molar-refractivity contribution in [1.29, 1.82) is 0 Å². The summed E-state index contributed by atoms with van der Waals surface area (Å²) in [6.45, 7) is 0. The maximum Gasteiger partial charge on any atom is 0.278 e. The second-order valence-electron chi connectivity index (χ2n) is 3.01. The summed E-state index contributed by atoms with van der Waals surface area (Å²) in [4.78, 5) is 0. The van der Waals surface area contributed by atoms with Crippen LogP contribution < -0.4 is 4.72 Å². The Kier molecular flexibility index (Phi) is 2.97. The molecule has 0 saturated carbocycles. The van der Waals surface area contributed by atoms with Crippen LogP contribution in [0.1, 0.15) is 0 Å². The molecule has 7 heteroatoms. The van der Waals surface area contributed by atoms with Crippen molar-refractivity contribution in [1.82, 2.24) is 10.2 Å². The molecule has 2 N–H and O–H groups in total. The molecular weight excluding hydrogens is 294 g/mol. The fourth-order valence-electron chi connectivity index (χ4n) is 1.14. The normalized spacial score (nSPS) is 11.3. The Balaban J connectivity index is 2.33. The van der Waals surface area contributed by atoms with E-state index < -0.39 is 10.0 Å². The number of hydrogen-bond acceptors (Lipinski definition) is 3. The lowest BCUT2D eigenvalue weighted by molar-refractivity contribution is 0.597. The van der Waals surface area contributed by atoms with Gasteiger partial charge in [0.2, 0.25) is 0 Å². The number of aromatic amines is 1. The lowest BCUT2D eigenvalue weighted by atomic mass is 10.3. The highest BCUT2D eigenvalue weighted by atomic mass is 79.9. The van der Waals surface area contributed by atoms with Crippen molar-refractivity contribution < 1.29 is 8.42 Å². The molecule has 2 aromatic rings. The van der Waals surface area contributed by atoms with E-state index in [1.807, 2.05) is 0 Å². The summed E-state index contributed by atoms with van der Waals surface area (Å²) >= 11 is 3.26. The first-order chi connectivity index (χ1) is 7.59. The van der Waals surface area contributed by atoms with Crippen LogP contribution in [0, 0.1) is 0 Å². The molecule has 0 aliphatic rings. The van der Waals surface area contributed by atoms with E-state index in [1.54, 1.807) is 24.3 Å². The Labute approximate surface area is 101 Å². The predicted octanol–water partition coefficient (Wildman–Crippen LogP) is 1.97. The van der Waals surface area contributed by atoms with Crippen molar-refractivity contribution in [3.63, 3.8) is 0 Å². The van der Waals surface area contributed by atoms with Crippen molar-refractivity contribution in [2.75, 3.05) is 4.72 Å². The lowest BCUT2D eigenvalue weighted by Gasteiger charge is -2.07. The summed E-state index contributed by atoms with van der Waals surface area (Å²) in [6, 6.07) is 8.36. The highest BCUT2D eigenvalue weighted by Gasteiger charge is 2.16. The number of H-pyrrole nitrogens is 1. The summed E-state index contributed by atoms with van der Waals surface area (Å²) in [5.41, 5.74) is 0.483. The third kappa shape index (κ3) is 2.25. The van der Waals surface area contributed by atoms with Gasteiger partial charge in [0.25, 0.3) is 10.0 Å². The molecular formula is C9H8BrN3O2S. The monoisotopic (exact) mass is 301 g/mol. The number of nitrogens with zero attached hydrogens (tertiary/aromatic N) is 1. The van der Waals surface area contributed by atoms with Gasteiger partial charge in [-0.3, -0.25) is 9.82 Å². The Morgan fingerprint density at radius 1 is 1.25 bits per heavy atom. The van der Waals surface area contributed by atoms with Gasteiger partial charge < -0.3 is 0 Å². The predicted molar refractivity (Wildman–Crippen MR) is 63.5 cm³/mol. The zero-order chi connectivity index (χ0) is 11.6. The van der Waals surface area contributed by atoms with Crippen LogP contribution in [0.25, 0.3) is 0 Å². The lowest BCUT2D eigenvalue weighted by Crippen LogP contribution is -2.13. The number of rotatable bonds is 3. The minimum Gasteiger partial charge on any atom is -0.277 e. The van der Waals surface area contributed by atoms with Crippen molar-refractivity contribution in [3.05, 3.63) is 41.0 Å². The fourth-order valence-corrected chi connectivity index (χ4v) is 2.64. The van der Waals surface area contributed by atoms with E-state index in [2.05, 4.69) is 30.8 Å². The van der Waals surface area contributed by atoms with Gasteiger partial charge in [-0.05, 0) is 34.1 Å². The van der Waals surface area contributed by atoms with Crippen LogP contribution in [0.15, 0.2) is 46.0 Å². The molecule has 0 unspecified atom stereocenters. The Bertz CT molecular complexity index is 581. The molecule has 0 spiro atoms. The van der Waals surface area contributed by atoms with Crippen LogP contribution in [0.5, 0.6) is 0 Å². The summed E-state index contributed by atoms with van der Waals surface area (Å²) in [5.74, 6) is 0. The van der Waals surface area contributed by atoms with Crippen LogP contribution in [-0.2, 0) is 10.0 Å². The van der Waals surface area contributed by atoms with Crippen molar-refractivity contribution in [3.8, 4) is 0 Å². The van der Waals surface area contributed by atoms with Gasteiger partial charge in [-0.1, -0.05) is 12.1 Å². The van der Waals surface area contributed by atoms with E-state index in [9.17, 15) is 8.42 Å². The SMILES string of the molecule is O=S(=O)(Nc1ccccc1Br)c1ccn[nH]1. The second kappa shape index (κ2) is 4.26. The summed E-state index contributed by atoms with van der Waals surface area (Å²) in [6.07, 6.45) is 1.38. The molecule has 5 nitrogen and oxygen atoms in total. The Morgan fingerprint density at radius 2 is 2.00 bits per heavy atom. The molecule has 1 heterocycles. The molecule has 0 saturated heterocycles. The molecule has 0 atom stereocenters. The van der Waals surface area contributed by atoms with Crippen molar-refractivity contribution >= 4 is 31.6 Å². The van der Waals surface area contributed by atoms with Crippen LogP contribution >= 0.6 is 15.9 Å². The fraction of sp³-hybridized carbons (Fsp3) is 0. The van der Waals surface area contributed by atoms with Gasteiger partial charge >= 0.3 is 0 Å². The number of anilines is 1. The average Bonchev–Trinajstić information content (AvgIpc) is 2.75. The van der Waals surface area contributed by atoms with Gasteiger partial charge in [0, 0.05) is 4.47 Å². The third-order valence-corrected chi connectivity index (χ3v) is 3.87. The minimum atomic E-state index is -3.59. The first-order valence-corrected chi connectivity index (χ1v) is 6.64. The van der Waals surface area contributed by atoms with Crippen LogP contribution in [0.4, 0.5) is 5.69 Å². The van der Waals surface area contributed by atoms with Gasteiger partial charge in [-0.15, -0.1) is 0 Å². The number of para-hydroxylation sites is 1. The van der Waals surface area contributed by atoms with Crippen molar-refractivity contribution in [2.24, 2.45) is 0 Å².